The number of ether oxygens (including phenoxy) is 1. The lowest BCUT2D eigenvalue weighted by Crippen LogP contribution is -2.43. The quantitative estimate of drug-likeness (QED) is 0.641. The number of hydrogen-bond acceptors (Lipinski definition) is 4. The molecule has 0 radical (unpaired) electrons. The lowest BCUT2D eigenvalue weighted by atomic mass is 10.1. The fourth-order valence-corrected chi connectivity index (χ4v) is 1.69. The number of nitrogens with one attached hydrogen (secondary N) is 1. The Balaban J connectivity index is 2.06. The highest BCUT2D eigenvalue weighted by Gasteiger charge is 2.14. The van der Waals surface area contributed by atoms with Gasteiger partial charge in [0.05, 0.1) is 12.7 Å². The molecule has 1 rings (SSSR count). The van der Waals surface area contributed by atoms with E-state index in [1.165, 1.54) is 0 Å². The molecule has 0 bridgehead atoms. The van der Waals surface area contributed by atoms with Gasteiger partial charge in [-0.2, -0.15) is 0 Å². The van der Waals surface area contributed by atoms with Gasteiger partial charge in [0.25, 0.3) is 0 Å². The van der Waals surface area contributed by atoms with Crippen molar-refractivity contribution in [2.75, 3.05) is 40.4 Å². The minimum atomic E-state index is -0.285. The summed E-state index contributed by atoms with van der Waals surface area (Å²) in [4.78, 5) is 1.99. The van der Waals surface area contributed by atoms with Crippen LogP contribution in [0.5, 0.6) is 0 Å². The summed E-state index contributed by atoms with van der Waals surface area (Å²) in [6.45, 7) is 3.04. The first kappa shape index (κ1) is 11.9. The van der Waals surface area contributed by atoms with Crippen LogP contribution < -0.4 is 5.32 Å². The summed E-state index contributed by atoms with van der Waals surface area (Å²) in [6, 6.07) is 0.431. The van der Waals surface area contributed by atoms with Crippen LogP contribution in [0.1, 0.15) is 12.8 Å². The molecule has 0 aromatic heterocycles. The van der Waals surface area contributed by atoms with Crippen LogP contribution in [0, 0.1) is 0 Å². The van der Waals surface area contributed by atoms with Gasteiger partial charge in [-0.05, 0) is 26.9 Å². The average Bonchev–Trinajstić information content (AvgIpc) is 2.15. The van der Waals surface area contributed by atoms with Crippen molar-refractivity contribution < 1.29 is 9.84 Å². The number of hydrogen-bond donors (Lipinski definition) is 2. The van der Waals surface area contributed by atoms with E-state index in [0.29, 0.717) is 19.1 Å². The van der Waals surface area contributed by atoms with Crippen molar-refractivity contribution in [2.45, 2.75) is 25.0 Å². The number of rotatable bonds is 5. The maximum absolute atomic E-state index is 9.61. The maximum Gasteiger partial charge on any atom is 0.0791 e. The van der Waals surface area contributed by atoms with E-state index in [0.717, 1.165) is 26.1 Å². The second kappa shape index (κ2) is 6.35. The van der Waals surface area contributed by atoms with Gasteiger partial charge in [0.15, 0.2) is 0 Å². The summed E-state index contributed by atoms with van der Waals surface area (Å²) in [5.41, 5.74) is 0. The van der Waals surface area contributed by atoms with Crippen LogP contribution >= 0.6 is 0 Å². The monoisotopic (exact) mass is 202 g/mol. The molecular formula is C10H22N2O2. The molecule has 1 aliphatic heterocycles. The first-order valence-electron chi connectivity index (χ1n) is 5.32. The molecule has 0 amide bonds. The van der Waals surface area contributed by atoms with E-state index in [4.69, 9.17) is 4.74 Å². The summed E-state index contributed by atoms with van der Waals surface area (Å²) < 4.78 is 5.34. The number of nitrogens with zero attached hydrogens (tertiary/aromatic N) is 1. The molecule has 84 valence electrons. The van der Waals surface area contributed by atoms with Crippen LogP contribution in [-0.4, -0.2) is 62.6 Å². The molecule has 0 aromatic carbocycles. The molecule has 0 spiro atoms. The molecule has 0 aromatic rings. The minimum absolute atomic E-state index is 0.285. The van der Waals surface area contributed by atoms with Gasteiger partial charge < -0.3 is 20.1 Å². The minimum Gasteiger partial charge on any atom is -0.390 e. The van der Waals surface area contributed by atoms with Crippen molar-refractivity contribution in [2.24, 2.45) is 0 Å². The van der Waals surface area contributed by atoms with Gasteiger partial charge in [-0.1, -0.05) is 0 Å². The van der Waals surface area contributed by atoms with E-state index >= 15 is 0 Å². The highest BCUT2D eigenvalue weighted by Crippen LogP contribution is 2.05. The zero-order valence-corrected chi connectivity index (χ0v) is 9.20. The Morgan fingerprint density at radius 2 is 2.36 bits per heavy atom. The highest BCUT2D eigenvalue weighted by atomic mass is 16.5. The Bertz CT molecular complexity index is 147. The van der Waals surface area contributed by atoms with Crippen molar-refractivity contribution in [3.63, 3.8) is 0 Å². The summed E-state index contributed by atoms with van der Waals surface area (Å²) in [5.74, 6) is 0. The summed E-state index contributed by atoms with van der Waals surface area (Å²) in [7, 11) is 3.93. The molecule has 4 heteroatoms. The second-order valence-electron chi connectivity index (χ2n) is 4.24. The summed E-state index contributed by atoms with van der Waals surface area (Å²) >= 11 is 0. The molecule has 0 aliphatic carbocycles. The molecule has 14 heavy (non-hydrogen) atoms. The fourth-order valence-electron chi connectivity index (χ4n) is 1.69. The molecule has 1 heterocycles. The second-order valence-corrected chi connectivity index (χ2v) is 4.24. The van der Waals surface area contributed by atoms with Crippen molar-refractivity contribution in [1.82, 2.24) is 10.2 Å². The van der Waals surface area contributed by atoms with Gasteiger partial charge in [0.1, 0.15) is 0 Å². The smallest absolute Gasteiger partial charge is 0.0791 e. The zero-order valence-electron chi connectivity index (χ0n) is 9.20. The third-order valence-corrected chi connectivity index (χ3v) is 2.38. The molecule has 2 atom stereocenters. The van der Waals surface area contributed by atoms with E-state index < -0.39 is 0 Å². The normalized spacial score (nSPS) is 25.3. The predicted octanol–water partition coefficient (Wildman–Crippen LogP) is -0.322. The third-order valence-electron chi connectivity index (χ3n) is 2.38. The maximum atomic E-state index is 9.61. The van der Waals surface area contributed by atoms with Crippen molar-refractivity contribution in [1.29, 1.82) is 0 Å². The molecule has 2 unspecified atom stereocenters. The number of aliphatic hydroxyl groups excluding tert-OH is 1. The topological polar surface area (TPSA) is 44.7 Å². The van der Waals surface area contributed by atoms with E-state index in [1.807, 2.05) is 19.0 Å². The van der Waals surface area contributed by atoms with Crippen LogP contribution in [0.25, 0.3) is 0 Å². The zero-order chi connectivity index (χ0) is 10.4. The third kappa shape index (κ3) is 4.91. The van der Waals surface area contributed by atoms with Gasteiger partial charge in [-0.15, -0.1) is 0 Å². The Labute approximate surface area is 86.2 Å². The number of aliphatic hydroxyl groups is 1. The SMILES string of the molecule is CN(C)CC(O)CNC1CCCOC1. The first-order valence-corrected chi connectivity index (χ1v) is 5.32. The van der Waals surface area contributed by atoms with Gasteiger partial charge in [-0.3, -0.25) is 0 Å². The Morgan fingerprint density at radius 1 is 1.57 bits per heavy atom. The molecule has 1 saturated heterocycles. The summed E-state index contributed by atoms with van der Waals surface area (Å²) in [5, 5.41) is 12.9. The first-order chi connectivity index (χ1) is 6.68. The summed E-state index contributed by atoms with van der Waals surface area (Å²) in [6.07, 6.45) is 2.00. The largest absolute Gasteiger partial charge is 0.390 e. The molecular weight excluding hydrogens is 180 g/mol. The highest BCUT2D eigenvalue weighted by molar-refractivity contribution is 4.72. The Morgan fingerprint density at radius 3 is 2.93 bits per heavy atom. The van der Waals surface area contributed by atoms with Gasteiger partial charge in [0, 0.05) is 25.7 Å². The molecule has 1 fully saturated rings. The van der Waals surface area contributed by atoms with Gasteiger partial charge in [0.2, 0.25) is 0 Å². The van der Waals surface area contributed by atoms with E-state index in [2.05, 4.69) is 5.32 Å². The van der Waals surface area contributed by atoms with Crippen LogP contribution in [0.15, 0.2) is 0 Å². The fraction of sp³-hybridized carbons (Fsp3) is 1.00. The van der Waals surface area contributed by atoms with E-state index in [1.54, 1.807) is 0 Å². The van der Waals surface area contributed by atoms with Crippen molar-refractivity contribution in [3.05, 3.63) is 0 Å². The van der Waals surface area contributed by atoms with E-state index in [9.17, 15) is 5.11 Å². The average molecular weight is 202 g/mol. The van der Waals surface area contributed by atoms with Gasteiger partial charge >= 0.3 is 0 Å². The molecule has 4 nitrogen and oxygen atoms in total. The number of likely N-dealkylation sites (N-methyl/N-ethyl adjacent to an activating group) is 1. The standard InChI is InChI=1S/C10H22N2O2/c1-12(2)7-10(13)6-11-9-4-3-5-14-8-9/h9-11,13H,3-8H2,1-2H3. The lowest BCUT2D eigenvalue weighted by molar-refractivity contribution is 0.0613. The Hall–Kier alpha value is -0.160. The molecule has 1 aliphatic rings. The van der Waals surface area contributed by atoms with Crippen LogP contribution in [0.2, 0.25) is 0 Å². The van der Waals surface area contributed by atoms with Crippen LogP contribution in [-0.2, 0) is 4.74 Å². The van der Waals surface area contributed by atoms with Crippen LogP contribution in [0.4, 0.5) is 0 Å². The Kier molecular flexibility index (Phi) is 5.40. The predicted molar refractivity (Wildman–Crippen MR) is 56.4 cm³/mol. The molecule has 0 saturated carbocycles. The molecule has 2 N–H and O–H groups in total. The van der Waals surface area contributed by atoms with Gasteiger partial charge in [-0.25, -0.2) is 0 Å². The van der Waals surface area contributed by atoms with E-state index in [-0.39, 0.29) is 6.10 Å². The van der Waals surface area contributed by atoms with Crippen molar-refractivity contribution in [3.8, 4) is 0 Å². The van der Waals surface area contributed by atoms with Crippen molar-refractivity contribution >= 4 is 0 Å². The van der Waals surface area contributed by atoms with Crippen LogP contribution in [0.3, 0.4) is 0 Å². The lowest BCUT2D eigenvalue weighted by Gasteiger charge is -2.25.